The summed E-state index contributed by atoms with van der Waals surface area (Å²) in [5.74, 6) is -0.887. The fourth-order valence-corrected chi connectivity index (χ4v) is 6.17. The monoisotopic (exact) mass is 617 g/mol. The lowest BCUT2D eigenvalue weighted by Gasteiger charge is -2.35. The fourth-order valence-electron chi connectivity index (χ4n) is 4.30. The molecule has 2 amide bonds. The molecule has 1 atom stereocenters. The van der Waals surface area contributed by atoms with Gasteiger partial charge in [0.2, 0.25) is 11.8 Å². The summed E-state index contributed by atoms with van der Waals surface area (Å²) in [6, 6.07) is 17.7. The van der Waals surface area contributed by atoms with Crippen molar-refractivity contribution < 1.29 is 18.0 Å². The van der Waals surface area contributed by atoms with Crippen molar-refractivity contribution in [1.82, 2.24) is 10.2 Å². The number of carbonyl (C=O) groups excluding carboxylic acids is 2. The van der Waals surface area contributed by atoms with Crippen LogP contribution >= 0.6 is 23.2 Å². The molecule has 10 heteroatoms. The average molecular weight is 619 g/mol. The summed E-state index contributed by atoms with van der Waals surface area (Å²) in [6.45, 7) is 10.7. The van der Waals surface area contributed by atoms with Crippen LogP contribution in [0.5, 0.6) is 0 Å². The zero-order valence-corrected chi connectivity index (χ0v) is 26.6. The smallest absolute Gasteiger partial charge is 0.264 e. The molecule has 0 heterocycles. The van der Waals surface area contributed by atoms with E-state index in [4.69, 9.17) is 23.2 Å². The van der Waals surface area contributed by atoms with Crippen molar-refractivity contribution in [2.24, 2.45) is 0 Å². The highest BCUT2D eigenvalue weighted by Crippen LogP contribution is 2.35. The Balaban J connectivity index is 2.11. The molecule has 3 aromatic rings. The van der Waals surface area contributed by atoms with Crippen LogP contribution in [0, 0.1) is 13.8 Å². The van der Waals surface area contributed by atoms with Gasteiger partial charge >= 0.3 is 0 Å². The third kappa shape index (κ3) is 8.24. The minimum Gasteiger partial charge on any atom is -0.350 e. The summed E-state index contributed by atoms with van der Waals surface area (Å²) in [7, 11) is -4.26. The van der Waals surface area contributed by atoms with Crippen molar-refractivity contribution in [2.75, 3.05) is 10.8 Å². The van der Waals surface area contributed by atoms with E-state index in [0.717, 1.165) is 21.0 Å². The van der Waals surface area contributed by atoms with Gasteiger partial charge in [-0.2, -0.15) is 0 Å². The van der Waals surface area contributed by atoms with E-state index in [2.05, 4.69) is 5.32 Å². The maximum atomic E-state index is 14.2. The highest BCUT2D eigenvalue weighted by molar-refractivity contribution is 7.92. The van der Waals surface area contributed by atoms with Crippen LogP contribution in [0.15, 0.2) is 71.6 Å². The molecule has 0 aromatic heterocycles. The maximum Gasteiger partial charge on any atom is 0.264 e. The second kappa shape index (κ2) is 13.3. The quantitative estimate of drug-likeness (QED) is 0.280. The van der Waals surface area contributed by atoms with Gasteiger partial charge in [-0.3, -0.25) is 13.9 Å². The molecule has 0 fully saturated rings. The number of rotatable bonds is 10. The third-order valence-electron chi connectivity index (χ3n) is 6.45. The van der Waals surface area contributed by atoms with Crippen LogP contribution in [0.25, 0.3) is 0 Å². The first-order chi connectivity index (χ1) is 19.1. The molecule has 7 nitrogen and oxygen atoms in total. The molecule has 3 rings (SSSR count). The van der Waals surface area contributed by atoms with Gasteiger partial charge in [-0.1, -0.05) is 83.7 Å². The molecule has 1 unspecified atom stereocenters. The highest BCUT2D eigenvalue weighted by atomic mass is 35.5. The maximum absolute atomic E-state index is 14.2. The molecule has 1 N–H and O–H groups in total. The molecular formula is C31H37Cl2N3O4S. The molecule has 0 saturated heterocycles. The standard InChI is InChI=1S/C31H37Cl2N3O4S/c1-7-26(30(38)34-31(4,5)6)35(19-23-15-11-21(2)12-16-23)28(37)20-36(27-10-8-9-25(32)29(27)33)41(39,40)24-17-13-22(3)14-18-24/h8-18,26H,7,19-20H2,1-6H3,(H,34,38). The predicted molar refractivity (Wildman–Crippen MR) is 166 cm³/mol. The Labute approximate surface area is 253 Å². The van der Waals surface area contributed by atoms with Crippen molar-refractivity contribution in [3.05, 3.63) is 93.5 Å². The van der Waals surface area contributed by atoms with Crippen molar-refractivity contribution >= 4 is 50.7 Å². The normalized spacial score (nSPS) is 12.5. The van der Waals surface area contributed by atoms with Gasteiger partial charge < -0.3 is 10.2 Å². The highest BCUT2D eigenvalue weighted by Gasteiger charge is 2.35. The average Bonchev–Trinajstić information content (AvgIpc) is 2.89. The lowest BCUT2D eigenvalue weighted by atomic mass is 10.1. The van der Waals surface area contributed by atoms with Crippen LogP contribution in [0.4, 0.5) is 5.69 Å². The summed E-state index contributed by atoms with van der Waals surface area (Å²) in [4.78, 5) is 29.0. The van der Waals surface area contributed by atoms with Crippen LogP contribution in [-0.2, 0) is 26.2 Å². The molecule has 220 valence electrons. The second-order valence-corrected chi connectivity index (χ2v) is 13.7. The SMILES string of the molecule is CCC(C(=O)NC(C)(C)C)N(Cc1ccc(C)cc1)C(=O)CN(c1cccc(Cl)c1Cl)S(=O)(=O)c1ccc(C)cc1. The third-order valence-corrected chi connectivity index (χ3v) is 9.03. The lowest BCUT2D eigenvalue weighted by Crippen LogP contribution is -2.55. The minimum atomic E-state index is -4.26. The van der Waals surface area contributed by atoms with Gasteiger partial charge in [0.15, 0.2) is 0 Å². The first-order valence-electron chi connectivity index (χ1n) is 13.3. The zero-order chi connectivity index (χ0) is 30.5. The number of amides is 2. The van der Waals surface area contributed by atoms with E-state index in [-0.39, 0.29) is 33.1 Å². The van der Waals surface area contributed by atoms with Gasteiger partial charge in [-0.05, 0) is 70.9 Å². The van der Waals surface area contributed by atoms with Crippen molar-refractivity contribution in [3.8, 4) is 0 Å². The number of sulfonamides is 1. The van der Waals surface area contributed by atoms with E-state index in [9.17, 15) is 18.0 Å². The number of aryl methyl sites for hydroxylation is 2. The van der Waals surface area contributed by atoms with Crippen molar-refractivity contribution in [3.63, 3.8) is 0 Å². The molecule has 0 spiro atoms. The van der Waals surface area contributed by atoms with Gasteiger partial charge in [0, 0.05) is 12.1 Å². The van der Waals surface area contributed by atoms with Crippen LogP contribution in [0.3, 0.4) is 0 Å². The first kappa shape index (κ1) is 32.4. The number of halogens is 2. The summed E-state index contributed by atoms with van der Waals surface area (Å²) in [5.41, 5.74) is 2.27. The van der Waals surface area contributed by atoms with Crippen LogP contribution in [-0.4, -0.2) is 43.3 Å². The summed E-state index contributed by atoms with van der Waals surface area (Å²) < 4.78 is 29.0. The Kier molecular flexibility index (Phi) is 10.5. The van der Waals surface area contributed by atoms with Crippen molar-refractivity contribution in [2.45, 2.75) is 71.0 Å². The Bertz CT molecular complexity index is 1490. The van der Waals surface area contributed by atoms with Gasteiger partial charge in [0.05, 0.1) is 20.6 Å². The van der Waals surface area contributed by atoms with Crippen LogP contribution in [0.2, 0.25) is 10.0 Å². The topological polar surface area (TPSA) is 86.8 Å². The van der Waals surface area contributed by atoms with E-state index in [0.29, 0.717) is 6.42 Å². The fraction of sp³-hybridized carbons (Fsp3) is 0.355. The Morgan fingerprint density at radius 2 is 1.46 bits per heavy atom. The second-order valence-electron chi connectivity index (χ2n) is 11.1. The zero-order valence-electron chi connectivity index (χ0n) is 24.2. The Morgan fingerprint density at radius 3 is 2.00 bits per heavy atom. The molecule has 41 heavy (non-hydrogen) atoms. The van der Waals surface area contributed by atoms with E-state index >= 15 is 0 Å². The molecule has 0 aliphatic carbocycles. The van der Waals surface area contributed by atoms with E-state index in [1.165, 1.54) is 23.1 Å². The van der Waals surface area contributed by atoms with E-state index in [1.807, 2.05) is 65.8 Å². The van der Waals surface area contributed by atoms with Crippen LogP contribution in [0.1, 0.15) is 50.8 Å². The van der Waals surface area contributed by atoms with Crippen LogP contribution < -0.4 is 9.62 Å². The number of anilines is 1. The van der Waals surface area contributed by atoms with E-state index < -0.39 is 34.1 Å². The van der Waals surface area contributed by atoms with Gasteiger partial charge in [-0.25, -0.2) is 8.42 Å². The van der Waals surface area contributed by atoms with Gasteiger partial charge in [0.1, 0.15) is 12.6 Å². The van der Waals surface area contributed by atoms with E-state index in [1.54, 1.807) is 24.3 Å². The van der Waals surface area contributed by atoms with Gasteiger partial charge in [-0.15, -0.1) is 0 Å². The molecular weight excluding hydrogens is 581 g/mol. The minimum absolute atomic E-state index is 0.000236. The predicted octanol–water partition coefficient (Wildman–Crippen LogP) is 6.53. The Morgan fingerprint density at radius 1 is 0.902 bits per heavy atom. The molecule has 0 aliphatic heterocycles. The molecule has 0 saturated carbocycles. The molecule has 0 bridgehead atoms. The lowest BCUT2D eigenvalue weighted by molar-refractivity contribution is -0.141. The number of benzene rings is 3. The number of carbonyl (C=O) groups is 2. The number of nitrogens with one attached hydrogen (secondary N) is 1. The number of hydrogen-bond donors (Lipinski definition) is 1. The molecule has 3 aromatic carbocycles. The van der Waals surface area contributed by atoms with Crippen molar-refractivity contribution in [1.29, 1.82) is 0 Å². The van der Waals surface area contributed by atoms with Gasteiger partial charge in [0.25, 0.3) is 10.0 Å². The molecule has 0 aliphatic rings. The number of hydrogen-bond acceptors (Lipinski definition) is 4. The largest absolute Gasteiger partial charge is 0.350 e. The summed E-state index contributed by atoms with van der Waals surface area (Å²) in [6.07, 6.45) is 0.322. The Hall–Kier alpha value is -3.07. The first-order valence-corrected chi connectivity index (χ1v) is 15.5. The summed E-state index contributed by atoms with van der Waals surface area (Å²) >= 11 is 12.8. The number of nitrogens with zero attached hydrogens (tertiary/aromatic N) is 2. The molecule has 0 radical (unpaired) electrons. The summed E-state index contributed by atoms with van der Waals surface area (Å²) in [5, 5.41) is 3.11.